The van der Waals surface area contributed by atoms with Gasteiger partial charge in [0.1, 0.15) is 3.70 Å². The van der Waals surface area contributed by atoms with Gasteiger partial charge in [-0.1, -0.05) is 0 Å². The summed E-state index contributed by atoms with van der Waals surface area (Å²) in [6.07, 6.45) is -0.556. The van der Waals surface area contributed by atoms with Gasteiger partial charge in [0.2, 0.25) is 0 Å². The number of halogens is 3. The maximum Gasteiger partial charge on any atom is 0.267 e. The number of hydrogen-bond donors (Lipinski definition) is 0. The summed E-state index contributed by atoms with van der Waals surface area (Å²) in [5.41, 5.74) is -0.314. The Morgan fingerprint density at radius 1 is 1.50 bits per heavy atom. The summed E-state index contributed by atoms with van der Waals surface area (Å²) in [6, 6.07) is 2.48. The predicted octanol–water partition coefficient (Wildman–Crippen LogP) is 1.82. The summed E-state index contributed by atoms with van der Waals surface area (Å²) in [7, 11) is 0. The van der Waals surface area contributed by atoms with Crippen molar-refractivity contribution in [2.75, 3.05) is 0 Å². The summed E-state index contributed by atoms with van der Waals surface area (Å²) in [5, 5.41) is 3.92. The Morgan fingerprint density at radius 2 is 2.14 bits per heavy atom. The highest BCUT2D eigenvalue weighted by Gasteiger charge is 2.47. The molecule has 3 nitrogen and oxygen atoms in total. The second-order valence-electron chi connectivity index (χ2n) is 3.36. The lowest BCUT2D eigenvalue weighted by atomic mass is 9.88. The maximum atomic E-state index is 12.6. The van der Waals surface area contributed by atoms with Crippen molar-refractivity contribution in [3.8, 4) is 0 Å². The van der Waals surface area contributed by atoms with Gasteiger partial charge < -0.3 is 0 Å². The highest BCUT2D eigenvalue weighted by molar-refractivity contribution is 14.1. The van der Waals surface area contributed by atoms with Crippen molar-refractivity contribution in [3.63, 3.8) is 0 Å². The highest BCUT2D eigenvalue weighted by atomic mass is 127. The molecular formula is C8H7F2IN2O. The predicted molar refractivity (Wildman–Crippen MR) is 54.4 cm³/mol. The first kappa shape index (κ1) is 10.0. The fourth-order valence-corrected chi connectivity index (χ4v) is 1.88. The molecule has 0 atom stereocenters. The molecule has 1 aromatic rings. The Balaban J connectivity index is 2.26. The Hall–Kier alpha value is -0.530. The van der Waals surface area contributed by atoms with E-state index in [2.05, 4.69) is 5.10 Å². The van der Waals surface area contributed by atoms with Crippen LogP contribution in [0.3, 0.4) is 0 Å². The molecule has 1 fully saturated rings. The van der Waals surface area contributed by atoms with Crippen LogP contribution in [0.5, 0.6) is 0 Å². The molecular weight excluding hydrogens is 305 g/mol. The molecule has 14 heavy (non-hydrogen) atoms. The Labute approximate surface area is 92.3 Å². The molecule has 1 aliphatic carbocycles. The minimum atomic E-state index is -2.62. The van der Waals surface area contributed by atoms with Crippen LogP contribution in [0.25, 0.3) is 0 Å². The van der Waals surface area contributed by atoms with E-state index >= 15 is 0 Å². The van der Waals surface area contributed by atoms with E-state index in [0.29, 0.717) is 3.70 Å². The first-order chi connectivity index (χ1) is 6.48. The Morgan fingerprint density at radius 3 is 2.71 bits per heavy atom. The molecule has 1 aliphatic rings. The zero-order valence-electron chi connectivity index (χ0n) is 7.08. The Bertz CT molecular complexity index is 410. The van der Waals surface area contributed by atoms with Crippen LogP contribution in [0, 0.1) is 3.70 Å². The quantitative estimate of drug-likeness (QED) is 0.742. The number of alkyl halides is 2. The number of rotatable bonds is 1. The smallest absolute Gasteiger partial charge is 0.267 e. The second-order valence-corrected chi connectivity index (χ2v) is 4.46. The van der Waals surface area contributed by atoms with Crippen molar-refractivity contribution < 1.29 is 8.78 Å². The fraction of sp³-hybridized carbons (Fsp3) is 0.500. The van der Waals surface area contributed by atoms with Gasteiger partial charge in [-0.15, -0.1) is 0 Å². The van der Waals surface area contributed by atoms with Gasteiger partial charge in [-0.3, -0.25) is 4.79 Å². The SMILES string of the molecule is O=c1ccc(I)nn1C1CC(F)(F)C1. The molecule has 0 N–H and O–H groups in total. The average Bonchev–Trinajstić information content (AvgIpc) is 2.05. The molecule has 0 bridgehead atoms. The van der Waals surface area contributed by atoms with Gasteiger partial charge in [-0.2, -0.15) is 5.10 Å². The van der Waals surface area contributed by atoms with Crippen LogP contribution < -0.4 is 5.56 Å². The third-order valence-corrected chi connectivity index (χ3v) is 2.78. The van der Waals surface area contributed by atoms with Crippen LogP contribution in [0.15, 0.2) is 16.9 Å². The molecule has 1 aromatic heterocycles. The van der Waals surface area contributed by atoms with Crippen LogP contribution in [-0.4, -0.2) is 15.7 Å². The van der Waals surface area contributed by atoms with E-state index in [-0.39, 0.29) is 18.4 Å². The molecule has 1 saturated carbocycles. The summed E-state index contributed by atoms with van der Waals surface area (Å²) in [4.78, 5) is 11.3. The van der Waals surface area contributed by atoms with Crippen molar-refractivity contribution in [1.29, 1.82) is 0 Å². The second kappa shape index (κ2) is 3.25. The molecule has 0 unspecified atom stereocenters. The van der Waals surface area contributed by atoms with E-state index in [1.165, 1.54) is 6.07 Å². The van der Waals surface area contributed by atoms with Gasteiger partial charge in [0.15, 0.2) is 0 Å². The highest BCUT2D eigenvalue weighted by Crippen LogP contribution is 2.44. The topological polar surface area (TPSA) is 34.9 Å². The molecule has 0 aromatic carbocycles. The van der Waals surface area contributed by atoms with Crippen molar-refractivity contribution >= 4 is 22.6 Å². The van der Waals surface area contributed by atoms with Crippen molar-refractivity contribution in [3.05, 3.63) is 26.2 Å². The molecule has 6 heteroatoms. The van der Waals surface area contributed by atoms with E-state index in [9.17, 15) is 13.6 Å². The zero-order valence-corrected chi connectivity index (χ0v) is 9.24. The molecule has 0 saturated heterocycles. The van der Waals surface area contributed by atoms with Gasteiger partial charge in [-0.05, 0) is 28.7 Å². The Kier molecular flexibility index (Phi) is 2.32. The molecule has 2 rings (SSSR count). The lowest BCUT2D eigenvalue weighted by Crippen LogP contribution is -2.42. The van der Waals surface area contributed by atoms with Crippen molar-refractivity contribution in [2.24, 2.45) is 0 Å². The van der Waals surface area contributed by atoms with Gasteiger partial charge in [-0.25, -0.2) is 13.5 Å². The molecule has 0 spiro atoms. The summed E-state index contributed by atoms with van der Waals surface area (Å²) >= 11 is 1.95. The molecule has 0 radical (unpaired) electrons. The zero-order chi connectivity index (χ0) is 10.3. The van der Waals surface area contributed by atoms with E-state index in [1.807, 2.05) is 22.6 Å². The number of nitrogens with zero attached hydrogens (tertiary/aromatic N) is 2. The van der Waals surface area contributed by atoms with Crippen molar-refractivity contribution in [1.82, 2.24) is 9.78 Å². The monoisotopic (exact) mass is 312 g/mol. The van der Waals surface area contributed by atoms with Gasteiger partial charge in [0.25, 0.3) is 11.5 Å². The molecule has 1 heterocycles. The van der Waals surface area contributed by atoms with Crippen LogP contribution >= 0.6 is 22.6 Å². The van der Waals surface area contributed by atoms with E-state index in [4.69, 9.17) is 0 Å². The average molecular weight is 312 g/mol. The molecule has 0 amide bonds. The first-order valence-corrected chi connectivity index (χ1v) is 5.19. The van der Waals surface area contributed by atoms with E-state index in [0.717, 1.165) is 4.68 Å². The van der Waals surface area contributed by atoms with Crippen molar-refractivity contribution in [2.45, 2.75) is 24.8 Å². The summed E-state index contributed by atoms with van der Waals surface area (Å²) < 4.78 is 26.9. The van der Waals surface area contributed by atoms with Crippen LogP contribution in [0.1, 0.15) is 18.9 Å². The maximum absolute atomic E-state index is 12.6. The van der Waals surface area contributed by atoms with E-state index < -0.39 is 12.0 Å². The minimum absolute atomic E-state index is 0.278. The normalized spacial score (nSPS) is 20.5. The third-order valence-electron chi connectivity index (χ3n) is 2.21. The largest absolute Gasteiger partial charge is 0.268 e. The molecule has 76 valence electrons. The summed E-state index contributed by atoms with van der Waals surface area (Å²) in [6.45, 7) is 0. The fourth-order valence-electron chi connectivity index (χ4n) is 1.47. The minimum Gasteiger partial charge on any atom is -0.268 e. The van der Waals surface area contributed by atoms with Gasteiger partial charge in [0.05, 0.1) is 6.04 Å². The summed E-state index contributed by atoms with van der Waals surface area (Å²) in [5.74, 6) is -2.62. The lowest BCUT2D eigenvalue weighted by Gasteiger charge is -2.34. The lowest BCUT2D eigenvalue weighted by molar-refractivity contribution is -0.108. The number of hydrogen-bond acceptors (Lipinski definition) is 2. The van der Waals surface area contributed by atoms with Crippen LogP contribution in [0.2, 0.25) is 0 Å². The van der Waals surface area contributed by atoms with Gasteiger partial charge in [0, 0.05) is 18.9 Å². The third kappa shape index (κ3) is 1.79. The van der Waals surface area contributed by atoms with Crippen LogP contribution in [0.4, 0.5) is 8.78 Å². The van der Waals surface area contributed by atoms with Gasteiger partial charge >= 0.3 is 0 Å². The number of aromatic nitrogens is 2. The molecule has 0 aliphatic heterocycles. The van der Waals surface area contributed by atoms with E-state index in [1.54, 1.807) is 6.07 Å². The first-order valence-electron chi connectivity index (χ1n) is 4.11. The standard InChI is InChI=1S/C8H7F2IN2O/c9-8(10)3-5(4-8)13-7(14)2-1-6(11)12-13/h1-2,5H,3-4H2. The van der Waals surface area contributed by atoms with Crippen LogP contribution in [-0.2, 0) is 0 Å².